The van der Waals surface area contributed by atoms with Crippen LogP contribution in [0.4, 0.5) is 18.9 Å². The van der Waals surface area contributed by atoms with E-state index in [1.165, 1.54) is 6.20 Å². The Kier molecular flexibility index (Phi) is 6.98. The molecular formula is C27H29F3N8O2. The Morgan fingerprint density at radius 1 is 1.18 bits per heavy atom. The van der Waals surface area contributed by atoms with Crippen LogP contribution in [0.3, 0.4) is 0 Å². The Labute approximate surface area is 227 Å². The van der Waals surface area contributed by atoms with E-state index in [1.807, 2.05) is 31.4 Å². The molecule has 0 aliphatic heterocycles. The van der Waals surface area contributed by atoms with Crippen LogP contribution >= 0.6 is 0 Å². The number of rotatable bonds is 9. The summed E-state index contributed by atoms with van der Waals surface area (Å²) in [6.07, 6.45) is 5.98. The molecule has 1 fully saturated rings. The Bertz CT molecular complexity index is 1560. The number of aromatic amines is 1. The second-order valence-electron chi connectivity index (χ2n) is 10.4. The summed E-state index contributed by atoms with van der Waals surface area (Å²) in [6, 6.07) is 3.27. The molecule has 10 nitrogen and oxygen atoms in total. The molecule has 4 aromatic heterocycles. The van der Waals surface area contributed by atoms with Gasteiger partial charge in [0.05, 0.1) is 22.9 Å². The number of aromatic nitrogens is 5. The van der Waals surface area contributed by atoms with Crippen molar-refractivity contribution in [3.05, 3.63) is 60.4 Å². The second-order valence-corrected chi connectivity index (χ2v) is 10.4. The molecule has 0 spiro atoms. The third-order valence-electron chi connectivity index (χ3n) is 7.30. The molecule has 4 aromatic rings. The average Bonchev–Trinajstić information content (AvgIpc) is 3.24. The minimum absolute atomic E-state index is 0.170. The molecule has 1 aliphatic carbocycles. The van der Waals surface area contributed by atoms with E-state index in [1.54, 1.807) is 42.6 Å². The summed E-state index contributed by atoms with van der Waals surface area (Å²) in [7, 11) is 1.80. The number of hydrogen-bond donors (Lipinski definition) is 4. The zero-order valence-electron chi connectivity index (χ0n) is 22.1. The van der Waals surface area contributed by atoms with Crippen LogP contribution in [0, 0.1) is 11.3 Å². The van der Waals surface area contributed by atoms with E-state index >= 15 is 0 Å². The summed E-state index contributed by atoms with van der Waals surface area (Å²) < 4.78 is 39.7. The molecule has 5 rings (SSSR count). The molecule has 2 atom stereocenters. The highest BCUT2D eigenvalue weighted by molar-refractivity contribution is 6.01. The van der Waals surface area contributed by atoms with E-state index in [0.717, 1.165) is 22.1 Å². The Hall–Kier alpha value is -4.42. The van der Waals surface area contributed by atoms with Gasteiger partial charge < -0.3 is 20.9 Å². The van der Waals surface area contributed by atoms with Crippen LogP contribution in [0.25, 0.3) is 22.2 Å². The van der Waals surface area contributed by atoms with Crippen molar-refractivity contribution in [1.82, 2.24) is 35.4 Å². The van der Waals surface area contributed by atoms with Crippen molar-refractivity contribution >= 4 is 28.5 Å². The third kappa shape index (κ3) is 5.49. The fourth-order valence-corrected chi connectivity index (χ4v) is 5.04. The standard InChI is InChI=1S/C27H29F3N8O2/c1-15(2)26(25(40)35-14-27(28,29)30)6-22(26)37-19-4-17(9-31-11-19)21-12-33-23-20(21)5-18(10-32-23)24(39)34-7-16-8-36-38(3)13-16/h4-5,8-13,15,22,37H,6-7,14H2,1-3H3,(H,32,33)(H,34,39)(H,35,40)/t22?,26-/m1/s1. The predicted octanol–water partition coefficient (Wildman–Crippen LogP) is 3.79. The van der Waals surface area contributed by atoms with Crippen molar-refractivity contribution in [3.63, 3.8) is 0 Å². The highest BCUT2D eigenvalue weighted by atomic mass is 19.4. The number of nitrogens with zero attached hydrogens (tertiary/aromatic N) is 4. The lowest BCUT2D eigenvalue weighted by molar-refractivity contribution is -0.142. The smallest absolute Gasteiger partial charge is 0.380 e. The van der Waals surface area contributed by atoms with E-state index in [0.29, 0.717) is 29.9 Å². The van der Waals surface area contributed by atoms with Gasteiger partial charge in [0.15, 0.2) is 0 Å². The number of carbonyl (C=O) groups is 2. The van der Waals surface area contributed by atoms with Gasteiger partial charge in [-0.15, -0.1) is 0 Å². The third-order valence-corrected chi connectivity index (χ3v) is 7.30. The molecule has 2 amide bonds. The van der Waals surface area contributed by atoms with Gasteiger partial charge in [0.25, 0.3) is 5.91 Å². The first-order valence-corrected chi connectivity index (χ1v) is 12.8. The monoisotopic (exact) mass is 554 g/mol. The molecule has 4 heterocycles. The Morgan fingerprint density at radius 3 is 2.67 bits per heavy atom. The largest absolute Gasteiger partial charge is 0.405 e. The number of carbonyl (C=O) groups excluding carboxylic acids is 2. The first-order valence-electron chi connectivity index (χ1n) is 12.8. The molecule has 1 saturated carbocycles. The number of fused-ring (bicyclic) bond motifs is 1. The number of pyridine rings is 2. The van der Waals surface area contributed by atoms with Gasteiger partial charge in [-0.25, -0.2) is 4.98 Å². The van der Waals surface area contributed by atoms with Gasteiger partial charge in [-0.3, -0.25) is 19.3 Å². The SMILES string of the molecule is CC(C)[C@]1(C(=O)NCC(F)(F)F)CC1Nc1cncc(-c2c[nH]c3ncc(C(=O)NCc4cnn(C)c4)cc23)c1. The molecule has 0 radical (unpaired) electrons. The van der Waals surface area contributed by atoms with Crippen LogP contribution in [0.5, 0.6) is 0 Å². The number of halogens is 3. The summed E-state index contributed by atoms with van der Waals surface area (Å²) in [5.74, 6) is -1.06. The Balaban J connectivity index is 1.32. The van der Waals surface area contributed by atoms with Crippen molar-refractivity contribution in [1.29, 1.82) is 0 Å². The maximum Gasteiger partial charge on any atom is 0.405 e. The molecule has 0 bridgehead atoms. The fraction of sp³-hybridized carbons (Fsp3) is 0.370. The number of nitrogens with one attached hydrogen (secondary N) is 4. The molecular weight excluding hydrogens is 525 g/mol. The predicted molar refractivity (Wildman–Crippen MR) is 142 cm³/mol. The number of H-pyrrole nitrogens is 1. The van der Waals surface area contributed by atoms with E-state index in [4.69, 9.17) is 0 Å². The van der Waals surface area contributed by atoms with Crippen molar-refractivity contribution in [2.45, 2.75) is 39.0 Å². The molecule has 13 heteroatoms. The number of hydrogen-bond acceptors (Lipinski definition) is 6. The minimum Gasteiger partial charge on any atom is -0.380 e. The number of amides is 2. The van der Waals surface area contributed by atoms with Crippen molar-refractivity contribution in [2.75, 3.05) is 11.9 Å². The lowest BCUT2D eigenvalue weighted by Gasteiger charge is -2.22. The first kappa shape index (κ1) is 27.2. The van der Waals surface area contributed by atoms with Crippen LogP contribution in [-0.2, 0) is 18.4 Å². The highest BCUT2D eigenvalue weighted by Gasteiger charge is 2.62. The zero-order chi connectivity index (χ0) is 28.7. The molecule has 0 saturated heterocycles. The van der Waals surface area contributed by atoms with Crippen molar-refractivity contribution in [2.24, 2.45) is 18.4 Å². The topological polar surface area (TPSA) is 130 Å². The van der Waals surface area contributed by atoms with E-state index in [2.05, 4.69) is 30.7 Å². The van der Waals surface area contributed by atoms with Crippen LogP contribution in [0.15, 0.2) is 49.3 Å². The van der Waals surface area contributed by atoms with Gasteiger partial charge in [-0.2, -0.15) is 18.3 Å². The Morgan fingerprint density at radius 2 is 1.98 bits per heavy atom. The van der Waals surface area contributed by atoms with E-state index < -0.39 is 24.0 Å². The van der Waals surface area contributed by atoms with Gasteiger partial charge >= 0.3 is 6.18 Å². The van der Waals surface area contributed by atoms with Crippen molar-refractivity contribution in [3.8, 4) is 11.1 Å². The van der Waals surface area contributed by atoms with Gasteiger partial charge in [0.2, 0.25) is 5.91 Å². The highest BCUT2D eigenvalue weighted by Crippen LogP contribution is 2.54. The summed E-state index contributed by atoms with van der Waals surface area (Å²) in [6.45, 7) is 2.62. The minimum atomic E-state index is -4.47. The van der Waals surface area contributed by atoms with Gasteiger partial charge in [-0.05, 0) is 24.5 Å². The fourth-order valence-electron chi connectivity index (χ4n) is 5.04. The quantitative estimate of drug-likeness (QED) is 0.249. The van der Waals surface area contributed by atoms with Gasteiger partial charge in [0.1, 0.15) is 12.2 Å². The van der Waals surface area contributed by atoms with Gasteiger partial charge in [0, 0.05) is 72.7 Å². The number of anilines is 1. The van der Waals surface area contributed by atoms with Crippen molar-refractivity contribution < 1.29 is 22.8 Å². The summed E-state index contributed by atoms with van der Waals surface area (Å²) >= 11 is 0. The van der Waals surface area contributed by atoms with Crippen LogP contribution in [0.1, 0.15) is 36.2 Å². The number of alkyl halides is 3. The van der Waals surface area contributed by atoms with Gasteiger partial charge in [-0.1, -0.05) is 13.8 Å². The first-order chi connectivity index (χ1) is 19.0. The summed E-state index contributed by atoms with van der Waals surface area (Å²) in [5.41, 5.74) is 3.06. The average molecular weight is 555 g/mol. The summed E-state index contributed by atoms with van der Waals surface area (Å²) in [5, 5.41) is 13.0. The molecule has 40 heavy (non-hydrogen) atoms. The number of aryl methyl sites for hydroxylation is 1. The van der Waals surface area contributed by atoms with E-state index in [9.17, 15) is 22.8 Å². The van der Waals surface area contributed by atoms with E-state index in [-0.39, 0.29) is 17.9 Å². The summed E-state index contributed by atoms with van der Waals surface area (Å²) in [4.78, 5) is 37.3. The van der Waals surface area contributed by atoms with Crippen LogP contribution in [0.2, 0.25) is 0 Å². The molecule has 4 N–H and O–H groups in total. The molecule has 210 valence electrons. The van der Waals surface area contributed by atoms with Crippen LogP contribution < -0.4 is 16.0 Å². The molecule has 1 unspecified atom stereocenters. The maximum atomic E-state index is 12.8. The molecule has 0 aromatic carbocycles. The lowest BCUT2D eigenvalue weighted by atomic mass is 9.90. The lowest BCUT2D eigenvalue weighted by Crippen LogP contribution is -2.42. The molecule has 1 aliphatic rings. The van der Waals surface area contributed by atoms with Crippen LogP contribution in [-0.4, -0.2) is 55.3 Å². The normalized spacial score (nSPS) is 18.6. The zero-order valence-corrected chi connectivity index (χ0v) is 22.1. The second kappa shape index (κ2) is 10.3. The maximum absolute atomic E-state index is 12.8.